The van der Waals surface area contributed by atoms with Crippen LogP contribution in [0.15, 0.2) is 34.5 Å². The van der Waals surface area contributed by atoms with Gasteiger partial charge < -0.3 is 10.2 Å². The van der Waals surface area contributed by atoms with Gasteiger partial charge in [0.1, 0.15) is 6.54 Å². The summed E-state index contributed by atoms with van der Waals surface area (Å²) in [6.07, 6.45) is 0.989. The molecule has 2 amide bonds. The first kappa shape index (κ1) is 19.3. The van der Waals surface area contributed by atoms with E-state index in [1.807, 2.05) is 12.1 Å². The summed E-state index contributed by atoms with van der Waals surface area (Å²) in [5.41, 5.74) is 1.85. The van der Waals surface area contributed by atoms with Crippen molar-refractivity contribution in [1.82, 2.24) is 5.32 Å². The Labute approximate surface area is 166 Å². The van der Waals surface area contributed by atoms with Gasteiger partial charge in [0, 0.05) is 16.4 Å². The molecule has 1 aromatic heterocycles. The van der Waals surface area contributed by atoms with Gasteiger partial charge in [0.25, 0.3) is 0 Å². The number of carbonyl (C=O) groups excluding carboxylic acids is 2. The molecule has 2 heterocycles. The van der Waals surface area contributed by atoms with Gasteiger partial charge in [-0.25, -0.2) is 0 Å². The number of nitrogens with one attached hydrogen (secondary N) is 1. The minimum absolute atomic E-state index is 0.0157. The molecular weight excluding hydrogens is 388 g/mol. The Morgan fingerprint density at radius 3 is 2.73 bits per heavy atom. The van der Waals surface area contributed by atoms with Crippen molar-refractivity contribution in [3.05, 3.63) is 45.8 Å². The van der Waals surface area contributed by atoms with Gasteiger partial charge in [-0.15, -0.1) is 23.1 Å². The molecule has 0 bridgehead atoms. The predicted molar refractivity (Wildman–Crippen MR) is 109 cm³/mol. The van der Waals surface area contributed by atoms with Gasteiger partial charge in [0.05, 0.1) is 15.6 Å². The lowest BCUT2D eigenvalue weighted by Crippen LogP contribution is -2.42. The molecule has 26 heavy (non-hydrogen) atoms. The molecular formula is C19H21ClN2O2S2. The fraction of sp³-hybridized carbons (Fsp3) is 0.368. The third kappa shape index (κ3) is 4.81. The lowest BCUT2D eigenvalue weighted by atomic mass is 10.1. The van der Waals surface area contributed by atoms with E-state index in [2.05, 4.69) is 25.2 Å². The Morgan fingerprint density at radius 1 is 1.31 bits per heavy atom. The van der Waals surface area contributed by atoms with Gasteiger partial charge in [0.2, 0.25) is 11.8 Å². The summed E-state index contributed by atoms with van der Waals surface area (Å²) in [6.45, 7) is 4.83. The summed E-state index contributed by atoms with van der Waals surface area (Å²) >= 11 is 9.17. The zero-order chi connectivity index (χ0) is 18.7. The van der Waals surface area contributed by atoms with Crippen molar-refractivity contribution in [2.24, 2.45) is 5.92 Å². The Bertz CT molecular complexity index is 802. The highest BCUT2D eigenvalue weighted by Gasteiger charge is 2.28. The van der Waals surface area contributed by atoms with Gasteiger partial charge in [0.15, 0.2) is 0 Å². The lowest BCUT2D eigenvalue weighted by molar-refractivity contribution is -0.123. The van der Waals surface area contributed by atoms with Crippen LogP contribution in [0.3, 0.4) is 0 Å². The van der Waals surface area contributed by atoms with E-state index < -0.39 is 0 Å². The highest BCUT2D eigenvalue weighted by Crippen LogP contribution is 2.42. The second kappa shape index (κ2) is 8.46. The van der Waals surface area contributed by atoms with Crippen molar-refractivity contribution >= 4 is 52.2 Å². The molecule has 1 aromatic carbocycles. The number of thiophene rings is 1. The fourth-order valence-corrected chi connectivity index (χ4v) is 5.41. The van der Waals surface area contributed by atoms with E-state index in [9.17, 15) is 9.59 Å². The van der Waals surface area contributed by atoms with Crippen LogP contribution in [0.5, 0.6) is 0 Å². The molecule has 1 N–H and O–H groups in total. The normalized spacial score (nSPS) is 13.8. The quantitative estimate of drug-likeness (QED) is 0.772. The van der Waals surface area contributed by atoms with Crippen LogP contribution in [-0.4, -0.2) is 24.1 Å². The SMILES string of the molecule is CC(C)Cc1cc2c(s1)SCC(=O)N2CC(=O)NCc1ccc(Cl)cc1. The topological polar surface area (TPSA) is 49.4 Å². The zero-order valence-corrected chi connectivity index (χ0v) is 17.1. The van der Waals surface area contributed by atoms with E-state index in [4.69, 9.17) is 11.6 Å². The first-order valence-corrected chi connectivity index (χ1v) is 10.7. The highest BCUT2D eigenvalue weighted by atomic mass is 35.5. The summed E-state index contributed by atoms with van der Waals surface area (Å²) in [7, 11) is 0. The number of nitrogens with zero attached hydrogens (tertiary/aromatic N) is 1. The third-order valence-corrected chi connectivity index (χ3v) is 6.62. The largest absolute Gasteiger partial charge is 0.350 e. The van der Waals surface area contributed by atoms with Crippen LogP contribution in [0.4, 0.5) is 5.69 Å². The molecule has 7 heteroatoms. The molecule has 0 atom stereocenters. The van der Waals surface area contributed by atoms with Crippen LogP contribution >= 0.6 is 34.7 Å². The van der Waals surface area contributed by atoms with Crippen LogP contribution in [0, 0.1) is 5.92 Å². The molecule has 138 valence electrons. The van der Waals surface area contributed by atoms with E-state index in [-0.39, 0.29) is 18.4 Å². The molecule has 1 aliphatic rings. The van der Waals surface area contributed by atoms with Gasteiger partial charge in [-0.1, -0.05) is 37.6 Å². The summed E-state index contributed by atoms with van der Waals surface area (Å²) in [5, 5.41) is 3.54. The summed E-state index contributed by atoms with van der Waals surface area (Å²) in [5.74, 6) is 0.770. The van der Waals surface area contributed by atoms with E-state index >= 15 is 0 Å². The van der Waals surface area contributed by atoms with Gasteiger partial charge in [-0.2, -0.15) is 0 Å². The van der Waals surface area contributed by atoms with Crippen molar-refractivity contribution in [1.29, 1.82) is 0 Å². The predicted octanol–water partition coefficient (Wildman–Crippen LogP) is 4.36. The number of thioether (sulfide) groups is 1. The molecule has 0 radical (unpaired) electrons. The second-order valence-corrected chi connectivity index (χ2v) is 9.47. The molecule has 0 spiro atoms. The molecule has 2 aromatic rings. The standard InChI is InChI=1S/C19H21ClN2O2S2/c1-12(2)7-15-8-16-19(26-15)25-11-18(24)22(16)10-17(23)21-9-13-3-5-14(20)6-4-13/h3-6,8,12H,7,9-11H2,1-2H3,(H,21,23). The Morgan fingerprint density at radius 2 is 2.04 bits per heavy atom. The van der Waals surface area contributed by atoms with E-state index in [0.29, 0.717) is 23.2 Å². The average Bonchev–Trinajstić information content (AvgIpc) is 2.99. The average molecular weight is 409 g/mol. The smallest absolute Gasteiger partial charge is 0.240 e. The zero-order valence-electron chi connectivity index (χ0n) is 14.8. The minimum Gasteiger partial charge on any atom is -0.350 e. The van der Waals surface area contributed by atoms with Crippen molar-refractivity contribution in [3.63, 3.8) is 0 Å². The van der Waals surface area contributed by atoms with E-state index in [0.717, 1.165) is 21.9 Å². The number of anilines is 1. The van der Waals surface area contributed by atoms with Crippen LogP contribution in [0.2, 0.25) is 5.02 Å². The monoisotopic (exact) mass is 408 g/mol. The van der Waals surface area contributed by atoms with E-state index in [1.165, 1.54) is 4.88 Å². The Balaban J connectivity index is 1.65. The minimum atomic E-state index is -0.164. The maximum atomic E-state index is 12.4. The first-order chi connectivity index (χ1) is 12.4. The number of halogens is 1. The van der Waals surface area contributed by atoms with Gasteiger partial charge >= 0.3 is 0 Å². The number of benzene rings is 1. The number of carbonyl (C=O) groups is 2. The second-order valence-electron chi connectivity index (χ2n) is 6.66. The Hall–Kier alpha value is -1.50. The maximum Gasteiger partial charge on any atom is 0.240 e. The highest BCUT2D eigenvalue weighted by molar-refractivity contribution is 8.02. The molecule has 0 saturated carbocycles. The number of fused-ring (bicyclic) bond motifs is 1. The van der Waals surface area contributed by atoms with Gasteiger partial charge in [-0.05, 0) is 36.1 Å². The van der Waals surface area contributed by atoms with E-state index in [1.54, 1.807) is 40.1 Å². The number of hydrogen-bond acceptors (Lipinski definition) is 4. The van der Waals surface area contributed by atoms with Crippen molar-refractivity contribution in [2.45, 2.75) is 31.0 Å². The molecule has 3 rings (SSSR count). The van der Waals surface area contributed by atoms with Crippen molar-refractivity contribution in [2.75, 3.05) is 17.2 Å². The summed E-state index contributed by atoms with van der Waals surface area (Å²) in [6, 6.07) is 9.40. The van der Waals surface area contributed by atoms with Crippen LogP contribution < -0.4 is 10.2 Å². The molecule has 4 nitrogen and oxygen atoms in total. The Kier molecular flexibility index (Phi) is 6.27. The van der Waals surface area contributed by atoms with Crippen LogP contribution in [0.25, 0.3) is 0 Å². The molecule has 0 unspecified atom stereocenters. The van der Waals surface area contributed by atoms with Crippen molar-refractivity contribution in [3.8, 4) is 0 Å². The number of hydrogen-bond donors (Lipinski definition) is 1. The molecule has 0 saturated heterocycles. The maximum absolute atomic E-state index is 12.4. The van der Waals surface area contributed by atoms with Crippen LogP contribution in [0.1, 0.15) is 24.3 Å². The van der Waals surface area contributed by atoms with Crippen LogP contribution in [-0.2, 0) is 22.6 Å². The fourth-order valence-electron chi connectivity index (χ4n) is 2.72. The number of amides is 2. The van der Waals surface area contributed by atoms with Crippen molar-refractivity contribution < 1.29 is 9.59 Å². The first-order valence-electron chi connectivity index (χ1n) is 8.49. The molecule has 0 aliphatic carbocycles. The molecule has 0 fully saturated rings. The number of rotatable bonds is 6. The molecule has 1 aliphatic heterocycles. The summed E-state index contributed by atoms with van der Waals surface area (Å²) < 4.78 is 1.13. The van der Waals surface area contributed by atoms with Gasteiger partial charge in [-0.3, -0.25) is 9.59 Å². The third-order valence-electron chi connectivity index (χ3n) is 3.96. The summed E-state index contributed by atoms with van der Waals surface area (Å²) in [4.78, 5) is 27.6. The lowest BCUT2D eigenvalue weighted by Gasteiger charge is -2.25.